The number of nitrogens with two attached hydrogens (primary N) is 1. The molecular formula is C30H44N2O4. The SMILES string of the molecule is CCCCCC(CC(=O)Nc1cc(C(N)=O)ccc1C(C)(C)C)c1ccc(C(O)CCC)cc1OC. The lowest BCUT2D eigenvalue weighted by molar-refractivity contribution is -0.116. The minimum Gasteiger partial charge on any atom is -0.496 e. The summed E-state index contributed by atoms with van der Waals surface area (Å²) >= 11 is 0. The van der Waals surface area contributed by atoms with Crippen molar-refractivity contribution >= 4 is 17.5 Å². The third-order valence-electron chi connectivity index (χ3n) is 6.62. The third-order valence-corrected chi connectivity index (χ3v) is 6.62. The number of amides is 2. The fourth-order valence-corrected chi connectivity index (χ4v) is 4.60. The number of nitrogens with one attached hydrogen (secondary N) is 1. The number of rotatable bonds is 13. The molecule has 0 heterocycles. The molecule has 0 aromatic heterocycles. The van der Waals surface area contributed by atoms with Gasteiger partial charge in [0, 0.05) is 17.7 Å². The molecule has 0 saturated carbocycles. The summed E-state index contributed by atoms with van der Waals surface area (Å²) < 4.78 is 5.71. The molecule has 0 bridgehead atoms. The zero-order valence-electron chi connectivity index (χ0n) is 22.8. The number of methoxy groups -OCH3 is 1. The molecule has 6 heteroatoms. The van der Waals surface area contributed by atoms with Crippen LogP contribution < -0.4 is 15.8 Å². The van der Waals surface area contributed by atoms with E-state index >= 15 is 0 Å². The first-order valence-electron chi connectivity index (χ1n) is 13.1. The molecule has 0 spiro atoms. The highest BCUT2D eigenvalue weighted by Crippen LogP contribution is 2.36. The highest BCUT2D eigenvalue weighted by molar-refractivity contribution is 5.97. The number of aliphatic hydroxyl groups excluding tert-OH is 1. The maximum Gasteiger partial charge on any atom is 0.248 e. The van der Waals surface area contributed by atoms with Crippen molar-refractivity contribution in [1.82, 2.24) is 0 Å². The zero-order chi connectivity index (χ0) is 26.9. The number of carbonyl (C=O) groups excluding carboxylic acids is 2. The molecule has 2 aromatic carbocycles. The van der Waals surface area contributed by atoms with Gasteiger partial charge in [0.2, 0.25) is 11.8 Å². The summed E-state index contributed by atoms with van der Waals surface area (Å²) in [6, 6.07) is 11.1. The lowest BCUT2D eigenvalue weighted by atomic mass is 9.84. The summed E-state index contributed by atoms with van der Waals surface area (Å²) in [5.74, 6) is 0.00332. The molecular weight excluding hydrogens is 452 g/mol. The predicted molar refractivity (Wildman–Crippen MR) is 147 cm³/mol. The van der Waals surface area contributed by atoms with Gasteiger partial charge in [-0.05, 0) is 59.1 Å². The zero-order valence-corrected chi connectivity index (χ0v) is 22.8. The molecule has 2 amide bonds. The van der Waals surface area contributed by atoms with Gasteiger partial charge < -0.3 is 20.9 Å². The Morgan fingerprint density at radius 3 is 2.33 bits per heavy atom. The second kappa shape index (κ2) is 13.4. The van der Waals surface area contributed by atoms with Crippen LogP contribution in [0.4, 0.5) is 5.69 Å². The highest BCUT2D eigenvalue weighted by Gasteiger charge is 2.24. The number of benzene rings is 2. The number of hydrogen-bond acceptors (Lipinski definition) is 4. The Labute approximate surface area is 216 Å². The lowest BCUT2D eigenvalue weighted by Crippen LogP contribution is -2.22. The summed E-state index contributed by atoms with van der Waals surface area (Å²) in [6.45, 7) is 10.4. The minimum atomic E-state index is -0.534. The van der Waals surface area contributed by atoms with Crippen molar-refractivity contribution in [3.05, 3.63) is 58.7 Å². The third kappa shape index (κ3) is 8.09. The minimum absolute atomic E-state index is 0.0405. The number of carbonyl (C=O) groups is 2. The van der Waals surface area contributed by atoms with Crippen molar-refractivity contribution in [2.75, 3.05) is 12.4 Å². The van der Waals surface area contributed by atoms with Crippen molar-refractivity contribution < 1.29 is 19.4 Å². The smallest absolute Gasteiger partial charge is 0.248 e. The van der Waals surface area contributed by atoms with E-state index in [1.54, 1.807) is 19.2 Å². The summed E-state index contributed by atoms with van der Waals surface area (Å²) in [4.78, 5) is 25.1. The first-order chi connectivity index (χ1) is 17.0. The van der Waals surface area contributed by atoms with E-state index in [-0.39, 0.29) is 23.7 Å². The molecule has 2 rings (SSSR count). The summed E-state index contributed by atoms with van der Waals surface area (Å²) in [7, 11) is 1.63. The first kappa shape index (κ1) is 29.4. The largest absolute Gasteiger partial charge is 0.496 e. The van der Waals surface area contributed by atoms with Crippen LogP contribution in [0.5, 0.6) is 5.75 Å². The van der Waals surface area contributed by atoms with Crippen molar-refractivity contribution in [3.8, 4) is 5.75 Å². The van der Waals surface area contributed by atoms with Gasteiger partial charge in [0.05, 0.1) is 13.2 Å². The normalized spacial score (nSPS) is 13.2. The van der Waals surface area contributed by atoms with E-state index in [0.717, 1.165) is 48.8 Å². The quantitative estimate of drug-likeness (QED) is 0.271. The van der Waals surface area contributed by atoms with Crippen LogP contribution in [-0.4, -0.2) is 24.0 Å². The maximum absolute atomic E-state index is 13.3. The van der Waals surface area contributed by atoms with Crippen molar-refractivity contribution in [1.29, 1.82) is 0 Å². The molecule has 4 N–H and O–H groups in total. The highest BCUT2D eigenvalue weighted by atomic mass is 16.5. The number of anilines is 1. The predicted octanol–water partition coefficient (Wildman–Crippen LogP) is 6.62. The van der Waals surface area contributed by atoms with Gasteiger partial charge in [-0.2, -0.15) is 0 Å². The average molecular weight is 497 g/mol. The van der Waals surface area contributed by atoms with Gasteiger partial charge in [0.15, 0.2) is 0 Å². The van der Waals surface area contributed by atoms with Gasteiger partial charge in [-0.3, -0.25) is 9.59 Å². The molecule has 0 fully saturated rings. The van der Waals surface area contributed by atoms with Crippen LogP contribution >= 0.6 is 0 Å². The van der Waals surface area contributed by atoms with Crippen LogP contribution in [0.2, 0.25) is 0 Å². The van der Waals surface area contributed by atoms with E-state index in [4.69, 9.17) is 10.5 Å². The fraction of sp³-hybridized carbons (Fsp3) is 0.533. The Bertz CT molecular complexity index is 1030. The number of ether oxygens (including phenoxy) is 1. The molecule has 0 aliphatic heterocycles. The summed E-state index contributed by atoms with van der Waals surface area (Å²) in [6.07, 6.45) is 5.35. The lowest BCUT2D eigenvalue weighted by Gasteiger charge is -2.25. The van der Waals surface area contributed by atoms with Gasteiger partial charge in [0.25, 0.3) is 0 Å². The van der Waals surface area contributed by atoms with E-state index in [9.17, 15) is 14.7 Å². The van der Waals surface area contributed by atoms with Crippen molar-refractivity contribution in [2.24, 2.45) is 5.73 Å². The molecule has 36 heavy (non-hydrogen) atoms. The number of primary amides is 1. The Morgan fingerprint density at radius 2 is 1.75 bits per heavy atom. The Balaban J connectivity index is 2.36. The molecule has 0 saturated heterocycles. The van der Waals surface area contributed by atoms with Crippen LogP contribution in [0, 0.1) is 0 Å². The van der Waals surface area contributed by atoms with Gasteiger partial charge in [0.1, 0.15) is 5.75 Å². The van der Waals surface area contributed by atoms with E-state index in [2.05, 4.69) is 33.0 Å². The Hall–Kier alpha value is -2.86. The van der Waals surface area contributed by atoms with E-state index in [1.807, 2.05) is 31.2 Å². The van der Waals surface area contributed by atoms with Crippen LogP contribution in [0.3, 0.4) is 0 Å². The number of unbranched alkanes of at least 4 members (excludes halogenated alkanes) is 2. The number of aliphatic hydroxyl groups is 1. The van der Waals surface area contributed by atoms with Crippen molar-refractivity contribution in [3.63, 3.8) is 0 Å². The van der Waals surface area contributed by atoms with E-state index in [1.165, 1.54) is 0 Å². The van der Waals surface area contributed by atoms with Gasteiger partial charge in [-0.15, -0.1) is 0 Å². The second-order valence-electron chi connectivity index (χ2n) is 10.6. The monoisotopic (exact) mass is 496 g/mol. The van der Waals surface area contributed by atoms with E-state index < -0.39 is 12.0 Å². The average Bonchev–Trinajstić information content (AvgIpc) is 2.82. The summed E-state index contributed by atoms with van der Waals surface area (Å²) in [5, 5.41) is 13.5. The fourth-order valence-electron chi connectivity index (χ4n) is 4.60. The molecule has 2 aromatic rings. The van der Waals surface area contributed by atoms with Crippen LogP contribution in [0.15, 0.2) is 36.4 Å². The molecule has 198 valence electrons. The van der Waals surface area contributed by atoms with Crippen LogP contribution in [0.1, 0.15) is 119 Å². The van der Waals surface area contributed by atoms with Gasteiger partial charge in [-0.1, -0.05) is 78.5 Å². The molecule has 0 aliphatic rings. The molecule has 2 unspecified atom stereocenters. The topological polar surface area (TPSA) is 102 Å². The molecule has 0 aliphatic carbocycles. The molecule has 2 atom stereocenters. The Kier molecular flexibility index (Phi) is 11.0. The standard InChI is InChI=1S/C30H44N2O4/c1-7-9-10-12-20(23-15-13-21(18-27(23)36-6)26(33)11-8-2)19-28(34)32-25-17-22(29(31)35)14-16-24(25)30(3,4)5/h13-18,20,26,33H,7-12,19H2,1-6H3,(H2,31,35)(H,32,34). The van der Waals surface area contributed by atoms with Gasteiger partial charge in [-0.25, -0.2) is 0 Å². The van der Waals surface area contributed by atoms with Crippen LogP contribution in [-0.2, 0) is 10.2 Å². The Morgan fingerprint density at radius 1 is 1.03 bits per heavy atom. The maximum atomic E-state index is 13.3. The molecule has 6 nitrogen and oxygen atoms in total. The number of hydrogen-bond donors (Lipinski definition) is 3. The molecule has 0 radical (unpaired) electrons. The van der Waals surface area contributed by atoms with Crippen LogP contribution in [0.25, 0.3) is 0 Å². The van der Waals surface area contributed by atoms with E-state index in [0.29, 0.717) is 23.4 Å². The first-order valence-corrected chi connectivity index (χ1v) is 13.1. The van der Waals surface area contributed by atoms with Gasteiger partial charge >= 0.3 is 0 Å². The van der Waals surface area contributed by atoms with Crippen molar-refractivity contribution in [2.45, 2.75) is 97.0 Å². The second-order valence-corrected chi connectivity index (χ2v) is 10.6. The summed E-state index contributed by atoms with van der Waals surface area (Å²) in [5.41, 5.74) is 8.98.